The van der Waals surface area contributed by atoms with Gasteiger partial charge in [-0.3, -0.25) is 37.3 Å². The molecule has 0 bridgehead atoms. The summed E-state index contributed by atoms with van der Waals surface area (Å²) in [5.41, 5.74) is 0. The summed E-state index contributed by atoms with van der Waals surface area (Å²) >= 11 is 0. The summed E-state index contributed by atoms with van der Waals surface area (Å²) in [6.07, 6.45) is 49.0. The molecule has 0 fully saturated rings. The number of phosphoric ester groups is 2. The van der Waals surface area contributed by atoms with E-state index in [9.17, 15) is 43.2 Å². The molecule has 558 valence electrons. The number of carbonyl (C=O) groups is 4. The lowest BCUT2D eigenvalue weighted by molar-refractivity contribution is -0.161. The van der Waals surface area contributed by atoms with Crippen LogP contribution in [0.5, 0.6) is 0 Å². The summed E-state index contributed by atoms with van der Waals surface area (Å²) in [6.45, 7) is 14.1. The van der Waals surface area contributed by atoms with Crippen LogP contribution < -0.4 is 0 Å². The number of hydrogen-bond donors (Lipinski definition) is 3. The van der Waals surface area contributed by atoms with Crippen LogP contribution in [0.1, 0.15) is 376 Å². The molecule has 0 saturated heterocycles. The Morgan fingerprint density at radius 1 is 0.266 bits per heavy atom. The topological polar surface area (TPSA) is 237 Å². The first-order valence-corrected chi connectivity index (χ1v) is 41.7. The molecule has 0 aliphatic carbocycles. The van der Waals surface area contributed by atoms with Gasteiger partial charge in [0.25, 0.3) is 0 Å². The number of ether oxygens (including phenoxy) is 4. The van der Waals surface area contributed by atoms with Gasteiger partial charge in [0.15, 0.2) is 12.2 Å². The Hall–Kier alpha value is -1.94. The lowest BCUT2D eigenvalue weighted by Gasteiger charge is -2.21. The molecule has 0 aromatic heterocycles. The lowest BCUT2D eigenvalue weighted by atomic mass is 10.0. The van der Waals surface area contributed by atoms with Crippen molar-refractivity contribution in [3.63, 3.8) is 0 Å². The summed E-state index contributed by atoms with van der Waals surface area (Å²) in [5.74, 6) is 0.829. The van der Waals surface area contributed by atoms with E-state index in [4.69, 9.17) is 37.0 Å². The van der Waals surface area contributed by atoms with Gasteiger partial charge in [0.05, 0.1) is 26.4 Å². The van der Waals surface area contributed by atoms with Gasteiger partial charge in [0, 0.05) is 25.7 Å². The van der Waals surface area contributed by atoms with Crippen LogP contribution in [0.25, 0.3) is 0 Å². The predicted octanol–water partition coefficient (Wildman–Crippen LogP) is 21.7. The molecule has 0 aromatic rings. The number of rotatable bonds is 72. The monoisotopic (exact) mass is 1380 g/mol. The molecule has 0 aliphatic rings. The first-order valence-electron chi connectivity index (χ1n) is 38.7. The summed E-state index contributed by atoms with van der Waals surface area (Å²) in [6, 6.07) is 0. The van der Waals surface area contributed by atoms with Gasteiger partial charge in [-0.25, -0.2) is 9.13 Å². The number of aliphatic hydroxyl groups excluding tert-OH is 1. The minimum atomic E-state index is -4.95. The van der Waals surface area contributed by atoms with Gasteiger partial charge >= 0.3 is 39.5 Å². The quantitative estimate of drug-likeness (QED) is 0.0222. The normalized spacial score (nSPS) is 14.2. The predicted molar refractivity (Wildman–Crippen MR) is 381 cm³/mol. The molecule has 17 nitrogen and oxygen atoms in total. The third-order valence-corrected chi connectivity index (χ3v) is 19.2. The second kappa shape index (κ2) is 64.4. The maximum Gasteiger partial charge on any atom is 0.472 e. The minimum Gasteiger partial charge on any atom is -0.462 e. The summed E-state index contributed by atoms with van der Waals surface area (Å²) in [5, 5.41) is 10.6. The van der Waals surface area contributed by atoms with Crippen molar-refractivity contribution < 1.29 is 80.2 Å². The molecule has 0 amide bonds. The number of aliphatic hydroxyl groups is 1. The fourth-order valence-corrected chi connectivity index (χ4v) is 13.0. The van der Waals surface area contributed by atoms with Gasteiger partial charge in [-0.1, -0.05) is 325 Å². The number of unbranched alkanes of at least 4 members (excludes halogenated alkanes) is 38. The van der Waals surface area contributed by atoms with E-state index in [0.717, 1.165) is 115 Å². The highest BCUT2D eigenvalue weighted by Gasteiger charge is 2.30. The third kappa shape index (κ3) is 68.6. The van der Waals surface area contributed by atoms with Gasteiger partial charge in [-0.15, -0.1) is 0 Å². The largest absolute Gasteiger partial charge is 0.472 e. The van der Waals surface area contributed by atoms with Crippen molar-refractivity contribution in [3.8, 4) is 0 Å². The molecule has 19 heteroatoms. The van der Waals surface area contributed by atoms with E-state index in [1.165, 1.54) is 167 Å². The average Bonchev–Trinajstić information content (AvgIpc) is 3.14. The van der Waals surface area contributed by atoms with Gasteiger partial charge in [-0.2, -0.15) is 0 Å². The highest BCUT2D eigenvalue weighted by molar-refractivity contribution is 7.47. The molecule has 0 rings (SSSR count). The number of hydrogen-bond acceptors (Lipinski definition) is 15. The van der Waals surface area contributed by atoms with Crippen molar-refractivity contribution in [2.24, 2.45) is 23.7 Å². The van der Waals surface area contributed by atoms with Gasteiger partial charge in [0.1, 0.15) is 19.3 Å². The van der Waals surface area contributed by atoms with Crippen molar-refractivity contribution in [2.45, 2.75) is 395 Å². The van der Waals surface area contributed by atoms with Crippen LogP contribution in [0.4, 0.5) is 0 Å². The van der Waals surface area contributed by atoms with E-state index in [-0.39, 0.29) is 25.7 Å². The summed E-state index contributed by atoms with van der Waals surface area (Å²) in [7, 11) is -9.91. The van der Waals surface area contributed by atoms with Gasteiger partial charge in [0.2, 0.25) is 0 Å². The molecule has 0 radical (unpaired) electrons. The summed E-state index contributed by atoms with van der Waals surface area (Å²) in [4.78, 5) is 72.6. The number of carbonyl (C=O) groups excluding carboxylic acids is 4. The van der Waals surface area contributed by atoms with Crippen LogP contribution in [0.15, 0.2) is 0 Å². The molecule has 0 spiro atoms. The Labute approximate surface area is 575 Å². The molecular formula is C75H146O17P2. The van der Waals surface area contributed by atoms with Crippen molar-refractivity contribution >= 4 is 39.5 Å². The second-order valence-corrected chi connectivity index (χ2v) is 31.9. The zero-order valence-electron chi connectivity index (χ0n) is 61.6. The molecule has 2 unspecified atom stereocenters. The van der Waals surface area contributed by atoms with Gasteiger partial charge in [-0.05, 0) is 49.4 Å². The van der Waals surface area contributed by atoms with Crippen molar-refractivity contribution in [1.82, 2.24) is 0 Å². The third-order valence-electron chi connectivity index (χ3n) is 17.3. The van der Waals surface area contributed by atoms with Crippen LogP contribution in [0.2, 0.25) is 0 Å². The minimum absolute atomic E-state index is 0.105. The van der Waals surface area contributed by atoms with Gasteiger partial charge < -0.3 is 33.8 Å². The highest BCUT2D eigenvalue weighted by atomic mass is 31.2. The zero-order chi connectivity index (χ0) is 69.6. The smallest absolute Gasteiger partial charge is 0.462 e. The van der Waals surface area contributed by atoms with E-state index in [2.05, 4.69) is 55.4 Å². The Kier molecular flexibility index (Phi) is 63.1. The Morgan fingerprint density at radius 2 is 0.447 bits per heavy atom. The Morgan fingerprint density at radius 3 is 0.660 bits per heavy atom. The maximum atomic E-state index is 13.0. The number of phosphoric acid groups is 2. The van der Waals surface area contributed by atoms with Crippen LogP contribution in [-0.4, -0.2) is 96.7 Å². The summed E-state index contributed by atoms with van der Waals surface area (Å²) < 4.78 is 68.4. The van der Waals surface area contributed by atoms with Crippen molar-refractivity contribution in [3.05, 3.63) is 0 Å². The Balaban J connectivity index is 5.15. The SMILES string of the molecule is CC(C)CCCCCCCCCCCCCCCCCCCCC(=O)O[C@H](COC(=O)CCCCCCCCC(C)C)COP(=O)(O)OC[C@@H](O)COP(=O)(O)OC[C@@H](COC(=O)CCCCCCCCC(C)C)OC(=O)CCCCCCCCCCCCCCC(C)C. The van der Waals surface area contributed by atoms with E-state index in [1.807, 2.05) is 0 Å². The Bertz CT molecular complexity index is 1850. The maximum absolute atomic E-state index is 13.0. The molecule has 3 N–H and O–H groups in total. The van der Waals surface area contributed by atoms with Crippen molar-refractivity contribution in [1.29, 1.82) is 0 Å². The lowest BCUT2D eigenvalue weighted by Crippen LogP contribution is -2.30. The molecule has 5 atom stereocenters. The molecular weight excluding hydrogens is 1230 g/mol. The fraction of sp³-hybridized carbons (Fsp3) is 0.947. The highest BCUT2D eigenvalue weighted by Crippen LogP contribution is 2.45. The molecule has 0 aromatic carbocycles. The molecule has 0 aliphatic heterocycles. The zero-order valence-corrected chi connectivity index (χ0v) is 63.4. The van der Waals surface area contributed by atoms with E-state index >= 15 is 0 Å². The van der Waals surface area contributed by atoms with E-state index in [0.29, 0.717) is 37.5 Å². The van der Waals surface area contributed by atoms with Crippen LogP contribution in [0, 0.1) is 23.7 Å². The fourth-order valence-electron chi connectivity index (χ4n) is 11.4. The number of esters is 4. The second-order valence-electron chi connectivity index (χ2n) is 28.9. The molecule has 0 heterocycles. The first-order chi connectivity index (χ1) is 45.1. The average molecular weight is 1380 g/mol. The van der Waals surface area contributed by atoms with Crippen LogP contribution >= 0.6 is 15.6 Å². The van der Waals surface area contributed by atoms with E-state index in [1.54, 1.807) is 0 Å². The molecule has 0 saturated carbocycles. The standard InChI is InChI=1S/C75H146O17P2/c1-65(2)51-43-35-27-23-19-15-13-11-9-10-12-14-16-21-25-29-41-49-57-74(79)91-70(61-85-72(77)55-47-39-33-31-37-45-53-67(5)6)63-89-93(81,82)87-59-69(76)60-88-94(83,84)90-64-71(62-86-73(78)56-48-40-34-32-38-46-54-68(7)8)92-75(80)58-50-42-30-26-22-18-17-20-24-28-36-44-52-66(3)4/h65-71,76H,9-64H2,1-8H3,(H,81,82)(H,83,84)/t69-,70-,71-/m1/s1. The van der Waals surface area contributed by atoms with Crippen molar-refractivity contribution in [2.75, 3.05) is 39.6 Å². The first kappa shape index (κ1) is 92.1. The van der Waals surface area contributed by atoms with E-state index < -0.39 is 97.5 Å². The van der Waals surface area contributed by atoms with Crippen LogP contribution in [0.3, 0.4) is 0 Å². The van der Waals surface area contributed by atoms with Crippen LogP contribution in [-0.2, 0) is 65.4 Å². The molecule has 94 heavy (non-hydrogen) atoms.